The third-order valence-corrected chi connectivity index (χ3v) is 3.01. The minimum absolute atomic E-state index is 0.135. The van der Waals surface area contributed by atoms with E-state index < -0.39 is 32.8 Å². The zero-order chi connectivity index (χ0) is 16.9. The second-order valence-corrected chi connectivity index (χ2v) is 4.67. The van der Waals surface area contributed by atoms with Gasteiger partial charge in [0, 0.05) is 25.2 Å². The van der Waals surface area contributed by atoms with Gasteiger partial charge < -0.3 is 10.0 Å². The molecule has 120 valence electrons. The Balaban J connectivity index is 3.66. The number of benzene rings is 1. The van der Waals surface area contributed by atoms with Crippen molar-refractivity contribution in [1.82, 2.24) is 0 Å². The third-order valence-electron chi connectivity index (χ3n) is 3.01. The number of nitro benzene ring substituents is 2. The monoisotopic (exact) mass is 311 g/mol. The van der Waals surface area contributed by atoms with Crippen LogP contribution in [0.15, 0.2) is 12.1 Å². The summed E-state index contributed by atoms with van der Waals surface area (Å²) in [5.74, 6) is -1.45. The predicted molar refractivity (Wildman–Crippen MR) is 79.5 cm³/mol. The van der Waals surface area contributed by atoms with E-state index in [4.69, 9.17) is 5.11 Å². The molecule has 0 radical (unpaired) electrons. The molecule has 9 nitrogen and oxygen atoms in total. The van der Waals surface area contributed by atoms with E-state index in [1.807, 2.05) is 13.8 Å². The largest absolute Gasteiger partial charge is 0.478 e. The Morgan fingerprint density at radius 1 is 1.09 bits per heavy atom. The maximum Gasteiger partial charge on any atom is 0.336 e. The Hall–Kier alpha value is -2.71. The van der Waals surface area contributed by atoms with Gasteiger partial charge in [-0.25, -0.2) is 4.79 Å². The van der Waals surface area contributed by atoms with Gasteiger partial charge in [-0.05, 0) is 12.8 Å². The molecular formula is C13H17N3O6. The molecule has 0 fully saturated rings. The van der Waals surface area contributed by atoms with Gasteiger partial charge >= 0.3 is 17.3 Å². The topological polar surface area (TPSA) is 127 Å². The van der Waals surface area contributed by atoms with Crippen molar-refractivity contribution in [2.75, 3.05) is 18.0 Å². The highest BCUT2D eigenvalue weighted by Gasteiger charge is 2.31. The molecule has 0 aliphatic carbocycles. The van der Waals surface area contributed by atoms with Crippen LogP contribution in [0.5, 0.6) is 0 Å². The Labute approximate surface area is 126 Å². The van der Waals surface area contributed by atoms with Crippen LogP contribution in [0.2, 0.25) is 0 Å². The van der Waals surface area contributed by atoms with Crippen LogP contribution in [-0.2, 0) is 0 Å². The van der Waals surface area contributed by atoms with E-state index in [2.05, 4.69) is 0 Å². The first-order chi connectivity index (χ1) is 10.3. The number of carboxylic acid groups (broad SMARTS) is 1. The van der Waals surface area contributed by atoms with Gasteiger partial charge in [0.05, 0.1) is 15.4 Å². The fourth-order valence-electron chi connectivity index (χ4n) is 2.21. The lowest BCUT2D eigenvalue weighted by Crippen LogP contribution is -2.26. The second-order valence-electron chi connectivity index (χ2n) is 4.67. The van der Waals surface area contributed by atoms with Crippen LogP contribution in [0, 0.1) is 20.2 Å². The third kappa shape index (κ3) is 3.68. The molecule has 0 bridgehead atoms. The van der Waals surface area contributed by atoms with Crippen molar-refractivity contribution >= 4 is 23.0 Å². The first kappa shape index (κ1) is 17.3. The van der Waals surface area contributed by atoms with Gasteiger partial charge in [-0.15, -0.1) is 0 Å². The van der Waals surface area contributed by atoms with E-state index in [-0.39, 0.29) is 5.69 Å². The molecule has 0 saturated heterocycles. The smallest absolute Gasteiger partial charge is 0.336 e. The van der Waals surface area contributed by atoms with Crippen LogP contribution in [-0.4, -0.2) is 34.0 Å². The molecule has 1 aromatic carbocycles. The molecule has 0 spiro atoms. The van der Waals surface area contributed by atoms with Crippen molar-refractivity contribution in [3.63, 3.8) is 0 Å². The van der Waals surface area contributed by atoms with Gasteiger partial charge in [-0.3, -0.25) is 20.2 Å². The zero-order valence-electron chi connectivity index (χ0n) is 12.3. The SMILES string of the molecule is CCCN(CCC)c1c([N+](=O)[O-])cc(C(=O)O)cc1[N+](=O)[O-]. The van der Waals surface area contributed by atoms with Gasteiger partial charge in [-0.1, -0.05) is 13.8 Å². The van der Waals surface area contributed by atoms with E-state index in [1.165, 1.54) is 0 Å². The summed E-state index contributed by atoms with van der Waals surface area (Å²) in [6, 6.07) is 1.73. The summed E-state index contributed by atoms with van der Waals surface area (Å²) in [5.41, 5.74) is -1.74. The number of carboxylic acids is 1. The Kier molecular flexibility index (Phi) is 5.79. The lowest BCUT2D eigenvalue weighted by molar-refractivity contribution is -0.392. The number of nitro groups is 2. The van der Waals surface area contributed by atoms with Gasteiger partial charge in [0.25, 0.3) is 0 Å². The summed E-state index contributed by atoms with van der Waals surface area (Å²) in [6.45, 7) is 4.52. The van der Waals surface area contributed by atoms with Crippen molar-refractivity contribution in [3.05, 3.63) is 37.9 Å². The van der Waals surface area contributed by atoms with Crippen LogP contribution in [0.25, 0.3) is 0 Å². The Bertz CT molecular complexity index is 560. The molecule has 0 unspecified atom stereocenters. The normalized spacial score (nSPS) is 10.3. The average Bonchev–Trinajstić information content (AvgIpc) is 2.45. The van der Waals surface area contributed by atoms with Crippen molar-refractivity contribution in [2.24, 2.45) is 0 Å². The van der Waals surface area contributed by atoms with Crippen molar-refractivity contribution in [3.8, 4) is 0 Å². The highest BCUT2D eigenvalue weighted by molar-refractivity contribution is 5.92. The van der Waals surface area contributed by atoms with Gasteiger partial charge in [0.15, 0.2) is 5.69 Å². The van der Waals surface area contributed by atoms with Crippen molar-refractivity contribution in [2.45, 2.75) is 26.7 Å². The number of aromatic carboxylic acids is 1. The Morgan fingerprint density at radius 2 is 1.50 bits per heavy atom. The van der Waals surface area contributed by atoms with Crippen LogP contribution < -0.4 is 4.90 Å². The minimum Gasteiger partial charge on any atom is -0.478 e. The van der Waals surface area contributed by atoms with Gasteiger partial charge in [-0.2, -0.15) is 0 Å². The standard InChI is InChI=1S/C13H17N3O6/c1-3-5-14(6-4-2)12-10(15(19)20)7-9(13(17)18)8-11(12)16(21)22/h7-8H,3-6H2,1-2H3,(H,17,18). The first-order valence-corrected chi connectivity index (χ1v) is 6.78. The van der Waals surface area contributed by atoms with Crippen molar-refractivity contribution in [1.29, 1.82) is 0 Å². The maximum atomic E-state index is 11.2. The lowest BCUT2D eigenvalue weighted by Gasteiger charge is -2.23. The molecule has 1 N–H and O–H groups in total. The minimum atomic E-state index is -1.45. The molecule has 0 aliphatic rings. The van der Waals surface area contributed by atoms with Crippen LogP contribution in [0.4, 0.5) is 17.1 Å². The number of carbonyl (C=O) groups is 1. The number of rotatable bonds is 8. The summed E-state index contributed by atoms with van der Waals surface area (Å²) < 4.78 is 0. The van der Waals surface area contributed by atoms with E-state index in [9.17, 15) is 25.0 Å². The quantitative estimate of drug-likeness (QED) is 0.577. The fraction of sp³-hybridized carbons (Fsp3) is 0.462. The summed E-state index contributed by atoms with van der Waals surface area (Å²) in [6.07, 6.45) is 1.30. The molecule has 0 aromatic heterocycles. The molecule has 0 amide bonds. The number of anilines is 1. The van der Waals surface area contributed by atoms with Crippen LogP contribution in [0.3, 0.4) is 0 Å². The highest BCUT2D eigenvalue weighted by atomic mass is 16.6. The van der Waals surface area contributed by atoms with Gasteiger partial charge in [0.2, 0.25) is 0 Å². The summed E-state index contributed by atoms with van der Waals surface area (Å²) in [4.78, 5) is 33.5. The lowest BCUT2D eigenvalue weighted by atomic mass is 10.1. The molecule has 0 atom stereocenters. The molecule has 1 rings (SSSR count). The number of hydrogen-bond acceptors (Lipinski definition) is 6. The zero-order valence-corrected chi connectivity index (χ0v) is 12.3. The first-order valence-electron chi connectivity index (χ1n) is 6.78. The van der Waals surface area contributed by atoms with E-state index in [0.717, 1.165) is 12.1 Å². The van der Waals surface area contributed by atoms with E-state index in [1.54, 1.807) is 4.90 Å². The second kappa shape index (κ2) is 7.34. The molecule has 22 heavy (non-hydrogen) atoms. The highest BCUT2D eigenvalue weighted by Crippen LogP contribution is 2.39. The van der Waals surface area contributed by atoms with Gasteiger partial charge in [0.1, 0.15) is 0 Å². The molecule has 0 aliphatic heterocycles. The van der Waals surface area contributed by atoms with E-state index >= 15 is 0 Å². The summed E-state index contributed by atoms with van der Waals surface area (Å²) in [7, 11) is 0. The van der Waals surface area contributed by atoms with E-state index in [0.29, 0.717) is 25.9 Å². The number of hydrogen-bond donors (Lipinski definition) is 1. The fourth-order valence-corrected chi connectivity index (χ4v) is 2.21. The predicted octanol–water partition coefficient (Wildman–Crippen LogP) is 2.83. The molecule has 0 saturated carbocycles. The van der Waals surface area contributed by atoms with Crippen LogP contribution in [0.1, 0.15) is 37.0 Å². The summed E-state index contributed by atoms with van der Waals surface area (Å²) >= 11 is 0. The Morgan fingerprint density at radius 3 is 1.77 bits per heavy atom. The van der Waals surface area contributed by atoms with Crippen molar-refractivity contribution < 1.29 is 19.7 Å². The molecular weight excluding hydrogens is 294 g/mol. The maximum absolute atomic E-state index is 11.2. The molecule has 1 aromatic rings. The number of nitrogens with zero attached hydrogens (tertiary/aromatic N) is 3. The molecule has 9 heteroatoms. The molecule has 0 heterocycles. The van der Waals surface area contributed by atoms with Crippen LogP contribution >= 0.6 is 0 Å². The summed E-state index contributed by atoms with van der Waals surface area (Å²) in [5, 5.41) is 31.5. The average molecular weight is 311 g/mol.